The van der Waals surface area contributed by atoms with E-state index in [1.54, 1.807) is 6.07 Å². The highest BCUT2D eigenvalue weighted by molar-refractivity contribution is 7.80. The van der Waals surface area contributed by atoms with Gasteiger partial charge in [0.05, 0.1) is 0 Å². The molecule has 0 amide bonds. The molecule has 1 aliphatic heterocycles. The number of nitrogens with zero attached hydrogens (tertiary/aromatic N) is 1. The SMILES string of the molecule is CC1(C)CCCN(Cc2cc(F)cc(C(N)=S)c2)CC1. The number of thiocarbonyl (C=S) groups is 1. The van der Waals surface area contributed by atoms with Crippen LogP contribution in [0.2, 0.25) is 0 Å². The number of rotatable bonds is 3. The molecule has 1 fully saturated rings. The maximum Gasteiger partial charge on any atom is 0.124 e. The molecule has 0 aromatic heterocycles. The summed E-state index contributed by atoms with van der Waals surface area (Å²) < 4.78 is 13.6. The minimum Gasteiger partial charge on any atom is -0.389 e. The number of likely N-dealkylation sites (tertiary alicyclic amines) is 1. The quantitative estimate of drug-likeness (QED) is 0.866. The van der Waals surface area contributed by atoms with Crippen molar-refractivity contribution in [1.82, 2.24) is 4.90 Å². The van der Waals surface area contributed by atoms with Gasteiger partial charge in [0.1, 0.15) is 10.8 Å². The van der Waals surface area contributed by atoms with Crippen molar-refractivity contribution >= 4 is 17.2 Å². The topological polar surface area (TPSA) is 29.3 Å². The zero-order valence-electron chi connectivity index (χ0n) is 12.3. The van der Waals surface area contributed by atoms with Crippen LogP contribution in [0.3, 0.4) is 0 Å². The zero-order valence-corrected chi connectivity index (χ0v) is 13.1. The second-order valence-corrected chi connectivity index (χ2v) is 6.95. The predicted octanol–water partition coefficient (Wildman–Crippen LogP) is 3.47. The van der Waals surface area contributed by atoms with E-state index < -0.39 is 0 Å². The van der Waals surface area contributed by atoms with Crippen LogP contribution in [-0.4, -0.2) is 23.0 Å². The fourth-order valence-electron chi connectivity index (χ4n) is 2.78. The first-order valence-corrected chi connectivity index (χ1v) is 7.58. The highest BCUT2D eigenvalue weighted by Crippen LogP contribution is 2.30. The summed E-state index contributed by atoms with van der Waals surface area (Å²) in [5.41, 5.74) is 7.58. The lowest BCUT2D eigenvalue weighted by Gasteiger charge is -2.23. The van der Waals surface area contributed by atoms with Gasteiger partial charge in [-0.05, 0) is 61.5 Å². The van der Waals surface area contributed by atoms with Crippen LogP contribution in [0.1, 0.15) is 44.2 Å². The summed E-state index contributed by atoms with van der Waals surface area (Å²) in [4.78, 5) is 2.65. The van der Waals surface area contributed by atoms with Crippen molar-refractivity contribution in [3.8, 4) is 0 Å². The lowest BCUT2D eigenvalue weighted by Crippen LogP contribution is -2.25. The van der Waals surface area contributed by atoms with Crippen molar-refractivity contribution in [2.24, 2.45) is 11.1 Å². The molecule has 4 heteroatoms. The van der Waals surface area contributed by atoms with Gasteiger partial charge in [-0.15, -0.1) is 0 Å². The fourth-order valence-corrected chi connectivity index (χ4v) is 2.90. The van der Waals surface area contributed by atoms with Gasteiger partial charge in [0.15, 0.2) is 0 Å². The van der Waals surface area contributed by atoms with E-state index in [4.69, 9.17) is 18.0 Å². The van der Waals surface area contributed by atoms with Crippen LogP contribution in [0.25, 0.3) is 0 Å². The van der Waals surface area contributed by atoms with Crippen LogP contribution in [0.15, 0.2) is 18.2 Å². The first-order chi connectivity index (χ1) is 9.35. The molecule has 1 heterocycles. The van der Waals surface area contributed by atoms with E-state index in [-0.39, 0.29) is 10.8 Å². The number of benzene rings is 1. The molecule has 2 N–H and O–H groups in total. The minimum absolute atomic E-state index is 0.253. The zero-order chi connectivity index (χ0) is 14.8. The summed E-state index contributed by atoms with van der Waals surface area (Å²) in [7, 11) is 0. The second kappa shape index (κ2) is 6.19. The summed E-state index contributed by atoms with van der Waals surface area (Å²) in [6.45, 7) is 7.55. The van der Waals surface area contributed by atoms with E-state index in [9.17, 15) is 4.39 Å². The molecule has 0 aliphatic carbocycles. The Balaban J connectivity index is 2.08. The van der Waals surface area contributed by atoms with Crippen molar-refractivity contribution in [2.75, 3.05) is 13.1 Å². The first-order valence-electron chi connectivity index (χ1n) is 7.17. The Morgan fingerprint density at radius 2 is 2.05 bits per heavy atom. The van der Waals surface area contributed by atoms with Crippen molar-refractivity contribution in [3.63, 3.8) is 0 Å². The molecule has 0 atom stereocenters. The number of halogens is 1. The molecule has 2 nitrogen and oxygen atoms in total. The largest absolute Gasteiger partial charge is 0.389 e. The molecule has 1 aliphatic rings. The van der Waals surface area contributed by atoms with Gasteiger partial charge >= 0.3 is 0 Å². The van der Waals surface area contributed by atoms with Gasteiger partial charge in [-0.3, -0.25) is 4.90 Å². The molecule has 0 saturated carbocycles. The highest BCUT2D eigenvalue weighted by atomic mass is 32.1. The average Bonchev–Trinajstić information content (AvgIpc) is 2.50. The van der Waals surface area contributed by atoms with Crippen LogP contribution >= 0.6 is 12.2 Å². The highest BCUT2D eigenvalue weighted by Gasteiger charge is 2.23. The summed E-state index contributed by atoms with van der Waals surface area (Å²) >= 11 is 4.93. The third-order valence-corrected chi connectivity index (χ3v) is 4.32. The second-order valence-electron chi connectivity index (χ2n) is 6.51. The van der Waals surface area contributed by atoms with E-state index >= 15 is 0 Å². The number of hydrogen-bond acceptors (Lipinski definition) is 2. The summed E-state index contributed by atoms with van der Waals surface area (Å²) in [5.74, 6) is -0.263. The maximum atomic E-state index is 13.6. The van der Waals surface area contributed by atoms with Gasteiger partial charge in [0.25, 0.3) is 0 Å². The molecule has 1 aromatic carbocycles. The lowest BCUT2D eigenvalue weighted by molar-refractivity contribution is 0.255. The van der Waals surface area contributed by atoms with Crippen molar-refractivity contribution in [1.29, 1.82) is 0 Å². The molecular formula is C16H23FN2S. The normalized spacial score (nSPS) is 19.6. The van der Waals surface area contributed by atoms with E-state index in [1.165, 1.54) is 25.3 Å². The summed E-state index contributed by atoms with van der Waals surface area (Å²) in [6.07, 6.45) is 3.64. The van der Waals surface area contributed by atoms with Crippen LogP contribution in [0, 0.1) is 11.2 Å². The van der Waals surface area contributed by atoms with E-state index in [1.807, 2.05) is 6.07 Å². The van der Waals surface area contributed by atoms with Gasteiger partial charge in [-0.25, -0.2) is 4.39 Å². The Morgan fingerprint density at radius 1 is 1.30 bits per heavy atom. The Morgan fingerprint density at radius 3 is 2.75 bits per heavy atom. The monoisotopic (exact) mass is 294 g/mol. The van der Waals surface area contributed by atoms with Crippen LogP contribution in [-0.2, 0) is 6.54 Å². The van der Waals surface area contributed by atoms with Crippen LogP contribution < -0.4 is 5.73 Å². The van der Waals surface area contributed by atoms with Crippen molar-refractivity contribution in [2.45, 2.75) is 39.7 Å². The van der Waals surface area contributed by atoms with Crippen LogP contribution in [0.4, 0.5) is 4.39 Å². The Bertz CT molecular complexity index is 499. The van der Waals surface area contributed by atoms with E-state index in [0.717, 1.165) is 25.2 Å². The molecule has 1 saturated heterocycles. The first kappa shape index (κ1) is 15.4. The van der Waals surface area contributed by atoms with Crippen LogP contribution in [0.5, 0.6) is 0 Å². The van der Waals surface area contributed by atoms with Crippen molar-refractivity contribution < 1.29 is 4.39 Å². The average molecular weight is 294 g/mol. The fraction of sp³-hybridized carbons (Fsp3) is 0.562. The Hall–Kier alpha value is -1.00. The van der Waals surface area contributed by atoms with Crippen molar-refractivity contribution in [3.05, 3.63) is 35.1 Å². The smallest absolute Gasteiger partial charge is 0.124 e. The Kier molecular flexibility index (Phi) is 4.76. The third-order valence-electron chi connectivity index (χ3n) is 4.08. The lowest BCUT2D eigenvalue weighted by atomic mass is 9.85. The van der Waals surface area contributed by atoms with Gasteiger partial charge in [-0.2, -0.15) is 0 Å². The minimum atomic E-state index is -0.263. The standard InChI is InChI=1S/C16H23FN2S/c1-16(2)4-3-6-19(7-5-16)11-12-8-13(15(18)20)10-14(17)9-12/h8-10H,3-7,11H2,1-2H3,(H2,18,20). The molecule has 0 unspecified atom stereocenters. The predicted molar refractivity (Wildman–Crippen MR) is 85.2 cm³/mol. The van der Waals surface area contributed by atoms with E-state index in [2.05, 4.69) is 18.7 Å². The molecule has 0 spiro atoms. The van der Waals surface area contributed by atoms with E-state index in [0.29, 0.717) is 11.0 Å². The summed E-state index contributed by atoms with van der Waals surface area (Å²) in [5, 5.41) is 0. The van der Waals surface area contributed by atoms with Gasteiger partial charge < -0.3 is 5.73 Å². The molecule has 0 radical (unpaired) electrons. The molecule has 2 rings (SSSR count). The van der Waals surface area contributed by atoms with Gasteiger partial charge in [0.2, 0.25) is 0 Å². The summed E-state index contributed by atoms with van der Waals surface area (Å²) in [6, 6.07) is 4.89. The number of nitrogens with two attached hydrogens (primary N) is 1. The maximum absolute atomic E-state index is 13.6. The van der Waals surface area contributed by atoms with Gasteiger partial charge in [-0.1, -0.05) is 26.1 Å². The number of hydrogen-bond donors (Lipinski definition) is 1. The molecular weight excluding hydrogens is 271 g/mol. The van der Waals surface area contributed by atoms with Gasteiger partial charge in [0, 0.05) is 12.1 Å². The third kappa shape index (κ3) is 4.25. The molecule has 0 bridgehead atoms. The molecule has 110 valence electrons. The molecule has 20 heavy (non-hydrogen) atoms. The Labute approximate surface area is 126 Å². The molecule has 1 aromatic rings.